The van der Waals surface area contributed by atoms with Crippen LogP contribution in [0, 0.1) is 5.92 Å². The number of carbonyl (C=O) groups is 3. The summed E-state index contributed by atoms with van der Waals surface area (Å²) < 4.78 is 35.8. The van der Waals surface area contributed by atoms with Gasteiger partial charge in [0.05, 0.1) is 0 Å². The molecule has 0 atom stereocenters. The van der Waals surface area contributed by atoms with Crippen molar-refractivity contribution < 1.29 is 27.6 Å². The van der Waals surface area contributed by atoms with Crippen LogP contribution in [0.25, 0.3) is 0 Å². The Hall–Kier alpha value is -2.58. The van der Waals surface area contributed by atoms with Gasteiger partial charge in [0.15, 0.2) is 0 Å². The van der Waals surface area contributed by atoms with Crippen LogP contribution < -0.4 is 16.0 Å². The van der Waals surface area contributed by atoms with Gasteiger partial charge in [0.2, 0.25) is 5.91 Å². The highest BCUT2D eigenvalue weighted by atomic mass is 19.4. The highest BCUT2D eigenvalue weighted by molar-refractivity contribution is 5.96. The molecule has 6 nitrogen and oxygen atoms in total. The number of rotatable bonds is 6. The van der Waals surface area contributed by atoms with Crippen LogP contribution in [0.5, 0.6) is 0 Å². The molecule has 1 rings (SSSR count). The Morgan fingerprint density at radius 2 is 1.54 bits per heavy atom. The van der Waals surface area contributed by atoms with Gasteiger partial charge in [-0.05, 0) is 24.3 Å². The molecule has 0 spiro atoms. The zero-order valence-electron chi connectivity index (χ0n) is 13.2. The summed E-state index contributed by atoms with van der Waals surface area (Å²) in [6, 6.07) is 6.03. The molecule has 0 heterocycles. The molecule has 24 heavy (non-hydrogen) atoms. The minimum absolute atomic E-state index is 0.146. The van der Waals surface area contributed by atoms with Crippen molar-refractivity contribution in [1.29, 1.82) is 0 Å². The van der Waals surface area contributed by atoms with Crippen molar-refractivity contribution in [1.82, 2.24) is 10.6 Å². The molecular weight excluding hydrogens is 327 g/mol. The van der Waals surface area contributed by atoms with Gasteiger partial charge in [0.1, 0.15) is 0 Å². The number of nitrogens with one attached hydrogen (secondary N) is 3. The van der Waals surface area contributed by atoms with Crippen LogP contribution in [0.15, 0.2) is 24.3 Å². The van der Waals surface area contributed by atoms with Gasteiger partial charge >= 0.3 is 12.1 Å². The minimum atomic E-state index is -4.94. The van der Waals surface area contributed by atoms with E-state index in [1.165, 1.54) is 12.1 Å². The largest absolute Gasteiger partial charge is 0.471 e. The van der Waals surface area contributed by atoms with Gasteiger partial charge in [-0.1, -0.05) is 13.8 Å². The summed E-state index contributed by atoms with van der Waals surface area (Å²) in [5, 5.41) is 6.68. The summed E-state index contributed by atoms with van der Waals surface area (Å²) >= 11 is 0. The van der Waals surface area contributed by atoms with Crippen LogP contribution >= 0.6 is 0 Å². The van der Waals surface area contributed by atoms with Gasteiger partial charge in [-0.2, -0.15) is 13.2 Å². The standard InChI is InChI=1S/C15H18F3N3O3/c1-9(2)12(22)21-11-5-3-10(4-6-11)13(23)19-7-8-20-14(24)15(16,17)18/h3-6,9H,7-8H2,1-2H3,(H,19,23)(H,20,24)(H,21,22). The van der Waals surface area contributed by atoms with E-state index >= 15 is 0 Å². The maximum absolute atomic E-state index is 11.9. The smallest absolute Gasteiger partial charge is 0.350 e. The minimum Gasteiger partial charge on any atom is -0.350 e. The fourth-order valence-electron chi connectivity index (χ4n) is 1.55. The Kier molecular flexibility index (Phi) is 6.75. The molecular formula is C15H18F3N3O3. The lowest BCUT2D eigenvalue weighted by atomic mass is 10.1. The number of benzene rings is 1. The monoisotopic (exact) mass is 345 g/mol. The SMILES string of the molecule is CC(C)C(=O)Nc1ccc(C(=O)NCCNC(=O)C(F)(F)F)cc1. The van der Waals surface area contributed by atoms with Crippen LogP contribution in [0.3, 0.4) is 0 Å². The van der Waals surface area contributed by atoms with E-state index in [-0.39, 0.29) is 30.5 Å². The van der Waals surface area contributed by atoms with Gasteiger partial charge in [0, 0.05) is 30.3 Å². The number of hydrogen-bond acceptors (Lipinski definition) is 3. The topological polar surface area (TPSA) is 87.3 Å². The zero-order valence-corrected chi connectivity index (χ0v) is 13.2. The van der Waals surface area contributed by atoms with Crippen LogP contribution in [-0.2, 0) is 9.59 Å². The van der Waals surface area contributed by atoms with Crippen LogP contribution in [0.4, 0.5) is 18.9 Å². The lowest BCUT2D eigenvalue weighted by molar-refractivity contribution is -0.173. The van der Waals surface area contributed by atoms with Gasteiger partial charge in [-0.15, -0.1) is 0 Å². The molecule has 0 unspecified atom stereocenters. The summed E-state index contributed by atoms with van der Waals surface area (Å²) in [5.41, 5.74) is 0.808. The molecule has 0 aliphatic carbocycles. The van der Waals surface area contributed by atoms with Crippen molar-refractivity contribution in [3.63, 3.8) is 0 Å². The summed E-state index contributed by atoms with van der Waals surface area (Å²) in [6.07, 6.45) is -4.94. The molecule has 3 N–H and O–H groups in total. The molecule has 0 aromatic heterocycles. The van der Waals surface area contributed by atoms with E-state index in [0.29, 0.717) is 5.69 Å². The molecule has 0 aliphatic rings. The zero-order chi connectivity index (χ0) is 18.3. The first kappa shape index (κ1) is 19.5. The highest BCUT2D eigenvalue weighted by Gasteiger charge is 2.38. The maximum Gasteiger partial charge on any atom is 0.471 e. The predicted molar refractivity (Wildman–Crippen MR) is 81.3 cm³/mol. The molecule has 0 radical (unpaired) electrons. The van der Waals surface area contributed by atoms with E-state index in [0.717, 1.165) is 0 Å². The lowest BCUT2D eigenvalue weighted by Crippen LogP contribution is -2.41. The van der Waals surface area contributed by atoms with Crippen molar-refractivity contribution in [3.05, 3.63) is 29.8 Å². The molecule has 0 saturated carbocycles. The first-order valence-corrected chi connectivity index (χ1v) is 7.15. The van der Waals surface area contributed by atoms with Gasteiger partial charge in [-0.25, -0.2) is 0 Å². The molecule has 0 saturated heterocycles. The fraction of sp³-hybridized carbons (Fsp3) is 0.400. The molecule has 9 heteroatoms. The first-order valence-electron chi connectivity index (χ1n) is 7.15. The van der Waals surface area contributed by atoms with Crippen molar-refractivity contribution >= 4 is 23.4 Å². The second-order valence-corrected chi connectivity index (χ2v) is 5.23. The number of alkyl halides is 3. The van der Waals surface area contributed by atoms with Crippen LogP contribution in [0.1, 0.15) is 24.2 Å². The Morgan fingerprint density at radius 3 is 2.04 bits per heavy atom. The fourth-order valence-corrected chi connectivity index (χ4v) is 1.55. The molecule has 0 fully saturated rings. The van der Waals surface area contributed by atoms with Crippen molar-refractivity contribution in [2.75, 3.05) is 18.4 Å². The average Bonchev–Trinajstić information content (AvgIpc) is 2.50. The Morgan fingerprint density at radius 1 is 1.00 bits per heavy atom. The second kappa shape index (κ2) is 8.32. The van der Waals surface area contributed by atoms with Crippen molar-refractivity contribution in [2.45, 2.75) is 20.0 Å². The molecule has 0 bridgehead atoms. The summed E-state index contributed by atoms with van der Waals surface area (Å²) in [5.74, 6) is -2.90. The number of amides is 3. The summed E-state index contributed by atoms with van der Waals surface area (Å²) in [4.78, 5) is 33.9. The third kappa shape index (κ3) is 6.27. The first-order chi connectivity index (χ1) is 11.1. The van der Waals surface area contributed by atoms with Gasteiger partial charge in [-0.3, -0.25) is 14.4 Å². The number of halogens is 3. The molecule has 3 amide bonds. The second-order valence-electron chi connectivity index (χ2n) is 5.23. The molecule has 1 aromatic carbocycles. The van der Waals surface area contributed by atoms with Gasteiger partial charge < -0.3 is 16.0 Å². The quantitative estimate of drug-likeness (QED) is 0.686. The van der Waals surface area contributed by atoms with E-state index < -0.39 is 18.0 Å². The third-order valence-corrected chi connectivity index (χ3v) is 2.89. The molecule has 0 aliphatic heterocycles. The Balaban J connectivity index is 2.43. The lowest BCUT2D eigenvalue weighted by Gasteiger charge is -2.10. The van der Waals surface area contributed by atoms with E-state index in [1.54, 1.807) is 31.3 Å². The van der Waals surface area contributed by atoms with Crippen molar-refractivity contribution in [3.8, 4) is 0 Å². The van der Waals surface area contributed by atoms with E-state index in [4.69, 9.17) is 0 Å². The number of anilines is 1. The summed E-state index contributed by atoms with van der Waals surface area (Å²) in [7, 11) is 0. The maximum atomic E-state index is 11.9. The van der Waals surface area contributed by atoms with E-state index in [9.17, 15) is 27.6 Å². The van der Waals surface area contributed by atoms with E-state index in [2.05, 4.69) is 10.6 Å². The molecule has 1 aromatic rings. The normalized spacial score (nSPS) is 11.1. The predicted octanol–water partition coefficient (Wildman–Crippen LogP) is 1.69. The number of hydrogen-bond donors (Lipinski definition) is 3. The van der Waals surface area contributed by atoms with Crippen molar-refractivity contribution in [2.24, 2.45) is 5.92 Å². The molecule has 132 valence electrons. The average molecular weight is 345 g/mol. The Labute approximate surface area is 136 Å². The van der Waals surface area contributed by atoms with Gasteiger partial charge in [0.25, 0.3) is 5.91 Å². The number of carbonyl (C=O) groups excluding carboxylic acids is 3. The van der Waals surface area contributed by atoms with E-state index in [1.807, 2.05) is 0 Å². The highest BCUT2D eigenvalue weighted by Crippen LogP contribution is 2.13. The van der Waals surface area contributed by atoms with Crippen LogP contribution in [0.2, 0.25) is 0 Å². The summed E-state index contributed by atoms with van der Waals surface area (Å²) in [6.45, 7) is 3.00. The Bertz CT molecular complexity index is 598. The third-order valence-electron chi connectivity index (χ3n) is 2.89. The van der Waals surface area contributed by atoms with Crippen LogP contribution in [-0.4, -0.2) is 37.0 Å².